The Kier molecular flexibility index (Phi) is 7.96. The summed E-state index contributed by atoms with van der Waals surface area (Å²) in [7, 11) is 1.83. The highest BCUT2D eigenvalue weighted by Gasteiger charge is 2.26. The number of benzene rings is 2. The molecule has 4 rings (SSSR count). The van der Waals surface area contributed by atoms with Gasteiger partial charge in [0.1, 0.15) is 17.7 Å². The van der Waals surface area contributed by atoms with Crippen LogP contribution in [0, 0.1) is 5.82 Å². The number of piperidine rings is 1. The van der Waals surface area contributed by atoms with E-state index in [-0.39, 0.29) is 18.0 Å². The number of hydrogen-bond donors (Lipinski definition) is 1. The molecule has 2 fully saturated rings. The number of likely N-dealkylation sites (tertiary alicyclic amines) is 1. The number of ether oxygens (including phenoxy) is 2. The van der Waals surface area contributed by atoms with Crippen molar-refractivity contribution >= 4 is 5.96 Å². The van der Waals surface area contributed by atoms with Crippen LogP contribution in [0.15, 0.2) is 59.6 Å². The van der Waals surface area contributed by atoms with E-state index in [2.05, 4.69) is 20.1 Å². The zero-order valence-electron chi connectivity index (χ0n) is 18.8. The minimum Gasteiger partial charge on any atom is -0.490 e. The lowest BCUT2D eigenvalue weighted by molar-refractivity contribution is 0.0168. The Morgan fingerprint density at radius 2 is 1.75 bits per heavy atom. The van der Waals surface area contributed by atoms with Crippen LogP contribution in [-0.2, 0) is 4.74 Å². The number of morpholine rings is 1. The van der Waals surface area contributed by atoms with Gasteiger partial charge in [0, 0.05) is 52.6 Å². The number of para-hydroxylation sites is 1. The number of aliphatic imine (C=N–C) groups is 1. The Morgan fingerprint density at radius 3 is 2.41 bits per heavy atom. The molecular weight excluding hydrogens is 407 g/mol. The van der Waals surface area contributed by atoms with Gasteiger partial charge in [-0.25, -0.2) is 4.39 Å². The van der Waals surface area contributed by atoms with Gasteiger partial charge >= 0.3 is 0 Å². The number of hydrogen-bond acceptors (Lipinski definition) is 4. The Labute approximate surface area is 190 Å². The van der Waals surface area contributed by atoms with Gasteiger partial charge in [-0.15, -0.1) is 0 Å². The molecule has 6 nitrogen and oxygen atoms in total. The van der Waals surface area contributed by atoms with Crippen LogP contribution in [0.1, 0.15) is 24.4 Å². The van der Waals surface area contributed by atoms with Gasteiger partial charge in [0.05, 0.1) is 19.3 Å². The molecule has 2 heterocycles. The molecule has 32 heavy (non-hydrogen) atoms. The summed E-state index contributed by atoms with van der Waals surface area (Å²) in [6.45, 7) is 5.68. The van der Waals surface area contributed by atoms with Crippen molar-refractivity contribution in [2.24, 2.45) is 4.99 Å². The summed E-state index contributed by atoms with van der Waals surface area (Å²) in [6, 6.07) is 17.0. The van der Waals surface area contributed by atoms with Crippen molar-refractivity contribution in [2.75, 3.05) is 53.0 Å². The van der Waals surface area contributed by atoms with E-state index in [4.69, 9.17) is 9.47 Å². The van der Waals surface area contributed by atoms with E-state index in [1.165, 1.54) is 12.1 Å². The lowest BCUT2D eigenvalue weighted by atomic mass is 10.0. The minimum absolute atomic E-state index is 0.134. The van der Waals surface area contributed by atoms with Gasteiger partial charge in [-0.05, 0) is 29.8 Å². The summed E-state index contributed by atoms with van der Waals surface area (Å²) in [5, 5.41) is 3.57. The van der Waals surface area contributed by atoms with Crippen LogP contribution in [-0.4, -0.2) is 74.8 Å². The van der Waals surface area contributed by atoms with Crippen LogP contribution >= 0.6 is 0 Å². The van der Waals surface area contributed by atoms with Gasteiger partial charge in [0.2, 0.25) is 0 Å². The van der Waals surface area contributed by atoms with E-state index < -0.39 is 0 Å². The van der Waals surface area contributed by atoms with E-state index in [1.807, 2.05) is 49.5 Å². The molecule has 0 spiro atoms. The maximum absolute atomic E-state index is 13.5. The molecule has 7 heteroatoms. The summed E-state index contributed by atoms with van der Waals surface area (Å²) in [6.07, 6.45) is 2.15. The van der Waals surface area contributed by atoms with Crippen molar-refractivity contribution in [1.29, 1.82) is 0 Å². The number of rotatable bonds is 6. The molecule has 2 aliphatic rings. The molecule has 0 aromatic heterocycles. The van der Waals surface area contributed by atoms with Gasteiger partial charge in [-0.3, -0.25) is 9.89 Å². The summed E-state index contributed by atoms with van der Waals surface area (Å²) < 4.78 is 25.1. The third-order valence-electron chi connectivity index (χ3n) is 6.19. The van der Waals surface area contributed by atoms with Crippen molar-refractivity contribution in [3.8, 4) is 5.75 Å². The normalized spacial score (nSPS) is 19.6. The fourth-order valence-corrected chi connectivity index (χ4v) is 4.43. The monoisotopic (exact) mass is 440 g/mol. The summed E-state index contributed by atoms with van der Waals surface area (Å²) >= 11 is 0. The fraction of sp³-hybridized carbons (Fsp3) is 0.480. The lowest BCUT2D eigenvalue weighted by Crippen LogP contribution is -2.50. The maximum Gasteiger partial charge on any atom is 0.193 e. The van der Waals surface area contributed by atoms with Crippen molar-refractivity contribution in [1.82, 2.24) is 15.1 Å². The molecule has 2 aliphatic heterocycles. The van der Waals surface area contributed by atoms with Crippen LogP contribution in [0.2, 0.25) is 0 Å². The summed E-state index contributed by atoms with van der Waals surface area (Å²) in [5.74, 6) is 1.63. The van der Waals surface area contributed by atoms with Gasteiger partial charge in [0.25, 0.3) is 0 Å². The highest BCUT2D eigenvalue weighted by atomic mass is 19.1. The van der Waals surface area contributed by atoms with Gasteiger partial charge < -0.3 is 19.7 Å². The van der Waals surface area contributed by atoms with E-state index in [1.54, 1.807) is 0 Å². The molecule has 1 unspecified atom stereocenters. The molecular formula is C25H33FN4O2. The predicted octanol–water partition coefficient (Wildman–Crippen LogP) is 3.32. The molecule has 0 aliphatic carbocycles. The van der Waals surface area contributed by atoms with Gasteiger partial charge in [-0.2, -0.15) is 0 Å². The van der Waals surface area contributed by atoms with Crippen molar-refractivity contribution in [3.05, 3.63) is 66.0 Å². The topological polar surface area (TPSA) is 49.3 Å². The van der Waals surface area contributed by atoms with Crippen LogP contribution in [0.25, 0.3) is 0 Å². The highest BCUT2D eigenvalue weighted by Crippen LogP contribution is 2.23. The second kappa shape index (κ2) is 11.3. The minimum atomic E-state index is -0.209. The van der Waals surface area contributed by atoms with Crippen LogP contribution in [0.3, 0.4) is 0 Å². The van der Waals surface area contributed by atoms with Gasteiger partial charge in [0.15, 0.2) is 5.96 Å². The molecule has 0 saturated carbocycles. The lowest BCUT2D eigenvalue weighted by Gasteiger charge is -2.37. The first-order valence-electron chi connectivity index (χ1n) is 11.5. The van der Waals surface area contributed by atoms with E-state index in [9.17, 15) is 4.39 Å². The molecule has 0 bridgehead atoms. The average molecular weight is 441 g/mol. The SMILES string of the molecule is CN=C(NCC(c1ccc(F)cc1)N1CCOCC1)N1CCC(Oc2ccccc2)CC1. The molecule has 0 amide bonds. The highest BCUT2D eigenvalue weighted by molar-refractivity contribution is 5.80. The first-order valence-corrected chi connectivity index (χ1v) is 11.5. The smallest absolute Gasteiger partial charge is 0.193 e. The van der Waals surface area contributed by atoms with Crippen LogP contribution in [0.4, 0.5) is 4.39 Å². The van der Waals surface area contributed by atoms with Crippen LogP contribution in [0.5, 0.6) is 5.75 Å². The Hall–Kier alpha value is -2.64. The Balaban J connectivity index is 1.34. The van der Waals surface area contributed by atoms with Crippen molar-refractivity contribution < 1.29 is 13.9 Å². The predicted molar refractivity (Wildman–Crippen MR) is 125 cm³/mol. The summed E-state index contributed by atoms with van der Waals surface area (Å²) in [4.78, 5) is 9.23. The largest absolute Gasteiger partial charge is 0.490 e. The second-order valence-corrected chi connectivity index (χ2v) is 8.26. The first kappa shape index (κ1) is 22.6. The molecule has 172 valence electrons. The molecule has 1 atom stereocenters. The third-order valence-corrected chi connectivity index (χ3v) is 6.19. The Morgan fingerprint density at radius 1 is 1.06 bits per heavy atom. The summed E-state index contributed by atoms with van der Waals surface area (Å²) in [5.41, 5.74) is 1.10. The fourth-order valence-electron chi connectivity index (χ4n) is 4.43. The average Bonchev–Trinajstić information content (AvgIpc) is 2.85. The molecule has 1 N–H and O–H groups in total. The van der Waals surface area contributed by atoms with E-state index in [0.717, 1.165) is 69.5 Å². The van der Waals surface area contributed by atoms with Crippen LogP contribution < -0.4 is 10.1 Å². The Bertz CT molecular complexity index is 848. The number of halogens is 1. The van der Waals surface area contributed by atoms with E-state index in [0.29, 0.717) is 6.54 Å². The quantitative estimate of drug-likeness (QED) is 0.552. The molecule has 2 aromatic carbocycles. The van der Waals surface area contributed by atoms with Crippen molar-refractivity contribution in [2.45, 2.75) is 25.0 Å². The zero-order chi connectivity index (χ0) is 22.2. The first-order chi connectivity index (χ1) is 15.7. The van der Waals surface area contributed by atoms with E-state index >= 15 is 0 Å². The number of nitrogens with one attached hydrogen (secondary N) is 1. The third kappa shape index (κ3) is 5.99. The maximum atomic E-state index is 13.5. The molecule has 2 aromatic rings. The van der Waals surface area contributed by atoms with Crippen molar-refractivity contribution in [3.63, 3.8) is 0 Å². The number of nitrogens with zero attached hydrogens (tertiary/aromatic N) is 3. The second-order valence-electron chi connectivity index (χ2n) is 8.26. The standard InChI is InChI=1S/C25H33FN4O2/c1-27-25(30-13-11-23(12-14-30)32-22-5-3-2-4-6-22)28-19-24(29-15-17-31-18-16-29)20-7-9-21(26)10-8-20/h2-10,23-24H,11-19H2,1H3,(H,27,28). The molecule has 2 saturated heterocycles. The van der Waals surface area contributed by atoms with Gasteiger partial charge in [-0.1, -0.05) is 30.3 Å². The molecule has 0 radical (unpaired) electrons. The number of guanidine groups is 1. The zero-order valence-corrected chi connectivity index (χ0v) is 18.8.